The largest absolute Gasteiger partial charge is 0.458 e. The van der Waals surface area contributed by atoms with Gasteiger partial charge in [0, 0.05) is 0 Å². The molecule has 0 bridgehead atoms. The van der Waals surface area contributed by atoms with Crippen LogP contribution in [0.3, 0.4) is 0 Å². The number of hydrogen-bond donors (Lipinski definition) is 0. The van der Waals surface area contributed by atoms with Crippen LogP contribution in [-0.4, -0.2) is 64.9 Å². The van der Waals surface area contributed by atoms with Gasteiger partial charge < -0.3 is 9.47 Å². The Balaban J connectivity index is 2.34. The van der Waals surface area contributed by atoms with Crippen LogP contribution in [0.15, 0.2) is 12.7 Å². The van der Waals surface area contributed by atoms with Crippen molar-refractivity contribution in [2.24, 2.45) is 5.92 Å². The summed E-state index contributed by atoms with van der Waals surface area (Å²) in [7, 11) is 0. The van der Waals surface area contributed by atoms with Crippen LogP contribution < -0.4 is 0 Å². The van der Waals surface area contributed by atoms with E-state index in [1.807, 2.05) is 6.92 Å². The van der Waals surface area contributed by atoms with E-state index in [1.54, 1.807) is 26.8 Å². The molecule has 0 saturated carbocycles. The molecule has 0 radical (unpaired) electrons. The van der Waals surface area contributed by atoms with E-state index in [-0.39, 0.29) is 16.3 Å². The maximum absolute atomic E-state index is 12.9. The zero-order valence-electron chi connectivity index (χ0n) is 17.2. The van der Waals surface area contributed by atoms with Crippen molar-refractivity contribution >= 4 is 18.0 Å². The highest BCUT2D eigenvalue weighted by atomic mass is 16.6. The van der Waals surface area contributed by atoms with Crippen LogP contribution in [0, 0.1) is 5.92 Å². The van der Waals surface area contributed by atoms with E-state index in [1.165, 1.54) is 11.8 Å². The third-order valence-electron chi connectivity index (χ3n) is 5.25. The second-order valence-electron chi connectivity index (χ2n) is 8.47. The van der Waals surface area contributed by atoms with E-state index in [2.05, 4.69) is 6.58 Å². The summed E-state index contributed by atoms with van der Waals surface area (Å²) >= 11 is 0. The molecule has 0 aromatic carbocycles. The number of esters is 1. The standard InChI is InChI=1S/C20H33N2O5/c1-7-9-12-26-19(25)21-16(18(24)27-20(4,5)6)13-15(8-2)17(21)22(10-11-22)14(3)23/h8,15-17H,2,7,9-13H2,1,3-6H3/q+1. The molecular formula is C20H33N2O5+. The van der Waals surface area contributed by atoms with Crippen LogP contribution in [0.25, 0.3) is 0 Å². The minimum atomic E-state index is -0.777. The van der Waals surface area contributed by atoms with Crippen molar-refractivity contribution in [1.82, 2.24) is 4.90 Å². The first-order chi connectivity index (χ1) is 12.6. The zero-order valence-corrected chi connectivity index (χ0v) is 17.2. The Kier molecular flexibility index (Phi) is 6.35. The van der Waals surface area contributed by atoms with Gasteiger partial charge in [0.1, 0.15) is 24.7 Å². The van der Waals surface area contributed by atoms with Gasteiger partial charge in [0.25, 0.3) is 0 Å². The molecule has 2 aliphatic heterocycles. The van der Waals surface area contributed by atoms with Crippen molar-refractivity contribution in [1.29, 1.82) is 0 Å². The smallest absolute Gasteiger partial charge is 0.415 e. The molecular weight excluding hydrogens is 348 g/mol. The van der Waals surface area contributed by atoms with Gasteiger partial charge in [-0.25, -0.2) is 23.8 Å². The molecule has 152 valence electrons. The molecule has 0 aromatic rings. The Morgan fingerprint density at radius 1 is 1.26 bits per heavy atom. The van der Waals surface area contributed by atoms with Gasteiger partial charge in [0.05, 0.1) is 19.4 Å². The molecule has 2 amide bonds. The number of rotatable bonds is 6. The molecule has 0 aromatic heterocycles. The Morgan fingerprint density at radius 2 is 1.89 bits per heavy atom. The van der Waals surface area contributed by atoms with Crippen LogP contribution in [0.1, 0.15) is 53.9 Å². The number of unbranched alkanes of at least 4 members (excludes halogenated alkanes) is 1. The lowest BCUT2D eigenvalue weighted by Crippen LogP contribution is -2.57. The van der Waals surface area contributed by atoms with Crippen LogP contribution in [0.4, 0.5) is 4.79 Å². The highest BCUT2D eigenvalue weighted by Crippen LogP contribution is 2.43. The molecule has 0 aliphatic carbocycles. The first-order valence-corrected chi connectivity index (χ1v) is 9.75. The molecule has 27 heavy (non-hydrogen) atoms. The molecule has 2 saturated heterocycles. The lowest BCUT2D eigenvalue weighted by molar-refractivity contribution is -0.764. The van der Waals surface area contributed by atoms with Crippen molar-refractivity contribution in [3.8, 4) is 0 Å². The maximum atomic E-state index is 12.9. The first-order valence-electron chi connectivity index (χ1n) is 9.75. The highest BCUT2D eigenvalue weighted by molar-refractivity contribution is 5.83. The maximum Gasteiger partial charge on any atom is 0.415 e. The minimum Gasteiger partial charge on any atom is -0.458 e. The van der Waals surface area contributed by atoms with Gasteiger partial charge in [-0.05, 0) is 33.6 Å². The monoisotopic (exact) mass is 381 g/mol. The van der Waals surface area contributed by atoms with Gasteiger partial charge in [-0.3, -0.25) is 0 Å². The highest BCUT2D eigenvalue weighted by Gasteiger charge is 2.64. The van der Waals surface area contributed by atoms with Gasteiger partial charge in [0.15, 0.2) is 6.17 Å². The van der Waals surface area contributed by atoms with E-state index in [9.17, 15) is 14.4 Å². The van der Waals surface area contributed by atoms with E-state index in [0.717, 1.165) is 12.8 Å². The number of amides is 2. The quantitative estimate of drug-likeness (QED) is 0.233. The van der Waals surface area contributed by atoms with Crippen LogP contribution >= 0.6 is 0 Å². The van der Waals surface area contributed by atoms with E-state index in [0.29, 0.717) is 26.1 Å². The van der Waals surface area contributed by atoms with Crippen LogP contribution in [0.2, 0.25) is 0 Å². The Morgan fingerprint density at radius 3 is 2.33 bits per heavy atom. The molecule has 0 spiro atoms. The van der Waals surface area contributed by atoms with Gasteiger partial charge in [-0.1, -0.05) is 19.4 Å². The second-order valence-corrected chi connectivity index (χ2v) is 8.47. The summed E-state index contributed by atoms with van der Waals surface area (Å²) < 4.78 is 11.1. The van der Waals surface area contributed by atoms with Gasteiger partial charge >= 0.3 is 18.0 Å². The van der Waals surface area contributed by atoms with E-state index in [4.69, 9.17) is 9.47 Å². The summed E-state index contributed by atoms with van der Waals surface area (Å²) in [5.74, 6) is -0.650. The summed E-state index contributed by atoms with van der Waals surface area (Å²) in [4.78, 5) is 39.5. The van der Waals surface area contributed by atoms with E-state index >= 15 is 0 Å². The van der Waals surface area contributed by atoms with Gasteiger partial charge in [-0.2, -0.15) is 0 Å². The average molecular weight is 381 g/mol. The fourth-order valence-corrected chi connectivity index (χ4v) is 3.77. The molecule has 2 fully saturated rings. The second kappa shape index (κ2) is 8.00. The minimum absolute atomic E-state index is 0.0111. The molecule has 2 heterocycles. The molecule has 3 unspecified atom stereocenters. The van der Waals surface area contributed by atoms with Crippen LogP contribution in [-0.2, 0) is 19.1 Å². The fraction of sp³-hybridized carbons (Fsp3) is 0.750. The topological polar surface area (TPSA) is 72.9 Å². The van der Waals surface area contributed by atoms with Crippen molar-refractivity contribution in [3.63, 3.8) is 0 Å². The number of hydrogen-bond acceptors (Lipinski definition) is 5. The van der Waals surface area contributed by atoms with Crippen molar-refractivity contribution in [2.75, 3.05) is 19.7 Å². The third-order valence-corrected chi connectivity index (χ3v) is 5.25. The molecule has 0 N–H and O–H groups in total. The summed E-state index contributed by atoms with van der Waals surface area (Å²) in [5, 5.41) is 0. The molecule has 2 rings (SSSR count). The number of carbonyl (C=O) groups excluding carboxylic acids is 3. The number of nitrogens with zero attached hydrogens (tertiary/aromatic N) is 2. The normalized spacial score (nSPS) is 26.4. The fourth-order valence-electron chi connectivity index (χ4n) is 3.77. The summed E-state index contributed by atoms with van der Waals surface area (Å²) in [6, 6.07) is -0.777. The predicted molar refractivity (Wildman–Crippen MR) is 100 cm³/mol. The zero-order chi connectivity index (χ0) is 20.4. The number of quaternary nitrogens is 1. The Bertz CT molecular complexity index is 606. The molecule has 7 heteroatoms. The number of carbonyl (C=O) groups is 3. The van der Waals surface area contributed by atoms with Gasteiger partial charge in [0.2, 0.25) is 0 Å². The first kappa shape index (κ1) is 21.4. The Hall–Kier alpha value is -1.89. The summed E-state index contributed by atoms with van der Waals surface area (Å²) in [6.07, 6.45) is 2.75. The average Bonchev–Trinajstić information content (AvgIpc) is 3.27. The number of likely N-dealkylation sites (tertiary alicyclic amines) is 1. The van der Waals surface area contributed by atoms with Crippen molar-refractivity contribution < 1.29 is 28.3 Å². The van der Waals surface area contributed by atoms with Gasteiger partial charge in [-0.15, -0.1) is 6.58 Å². The lowest BCUT2D eigenvalue weighted by atomic mass is 10.0. The third kappa shape index (κ3) is 4.51. The Labute approximate surface area is 161 Å². The summed E-state index contributed by atoms with van der Waals surface area (Å²) in [6.45, 7) is 14.4. The molecule has 3 atom stereocenters. The molecule has 2 aliphatic rings. The van der Waals surface area contributed by atoms with Crippen molar-refractivity contribution in [2.45, 2.75) is 71.7 Å². The van der Waals surface area contributed by atoms with E-state index < -0.39 is 29.9 Å². The lowest BCUT2D eigenvalue weighted by Gasteiger charge is -2.34. The molecule has 7 nitrogen and oxygen atoms in total. The van der Waals surface area contributed by atoms with Crippen LogP contribution in [0.5, 0.6) is 0 Å². The SMILES string of the molecule is C=CC1CC(C(=O)OC(C)(C)C)N(C(=O)OCCCC)C1[N+]1(C(C)=O)CC1. The van der Waals surface area contributed by atoms with Crippen molar-refractivity contribution in [3.05, 3.63) is 12.7 Å². The summed E-state index contributed by atoms with van der Waals surface area (Å²) in [5.41, 5.74) is -0.663. The number of ether oxygens (including phenoxy) is 2. The predicted octanol–water partition coefficient (Wildman–Crippen LogP) is 2.84.